The summed E-state index contributed by atoms with van der Waals surface area (Å²) in [4.78, 5) is 39.0. The van der Waals surface area contributed by atoms with Gasteiger partial charge in [-0.25, -0.2) is 9.69 Å². The number of nitrogens with one attached hydrogen (secondary N) is 1. The summed E-state index contributed by atoms with van der Waals surface area (Å²) in [6.45, 7) is 3.86. The molecule has 10 heteroatoms. The molecule has 0 spiro atoms. The number of rotatable bonds is 5. The third-order valence-electron chi connectivity index (χ3n) is 5.57. The minimum Gasteiger partial charge on any atom is -0.486 e. The number of nitrogens with zero attached hydrogens (tertiary/aromatic N) is 1. The first-order valence-corrected chi connectivity index (χ1v) is 12.1. The first-order chi connectivity index (χ1) is 17.0. The number of anilines is 1. The average molecular weight is 564 g/mol. The lowest BCUT2D eigenvalue weighted by Crippen LogP contribution is -2.54. The Morgan fingerprint density at radius 2 is 1.56 bits per heavy atom. The molecule has 6 nitrogen and oxygen atoms in total. The van der Waals surface area contributed by atoms with Crippen LogP contribution in [0.5, 0.6) is 5.75 Å². The number of amides is 4. The SMILES string of the molecule is Cc1ccc(N2C(=O)NC(=O)/C(=C\c3cc(Cl)c(OCc4ccc(Cl)cc4Cl)c(Cl)c3)C2=O)cc1C. The monoisotopic (exact) mass is 562 g/mol. The van der Waals surface area contributed by atoms with Crippen molar-refractivity contribution in [2.24, 2.45) is 0 Å². The Labute approximate surface area is 227 Å². The van der Waals surface area contributed by atoms with Crippen molar-refractivity contribution in [3.05, 3.63) is 96.4 Å². The lowest BCUT2D eigenvalue weighted by Gasteiger charge is -2.27. The van der Waals surface area contributed by atoms with Gasteiger partial charge in [-0.2, -0.15) is 0 Å². The number of barbiturate groups is 1. The number of ether oxygens (including phenoxy) is 1. The molecule has 4 amide bonds. The number of halogens is 4. The third kappa shape index (κ3) is 5.37. The highest BCUT2D eigenvalue weighted by atomic mass is 35.5. The Morgan fingerprint density at radius 3 is 2.19 bits per heavy atom. The molecular formula is C26H18Cl4N2O4. The summed E-state index contributed by atoms with van der Waals surface area (Å²) in [5, 5.41) is 3.44. The van der Waals surface area contributed by atoms with Crippen molar-refractivity contribution in [3.8, 4) is 5.75 Å². The molecule has 0 aromatic heterocycles. The van der Waals surface area contributed by atoms with Crippen LogP contribution in [-0.2, 0) is 16.2 Å². The molecule has 36 heavy (non-hydrogen) atoms. The summed E-state index contributed by atoms with van der Waals surface area (Å²) in [5.41, 5.74) is 3.04. The van der Waals surface area contributed by atoms with E-state index in [-0.39, 0.29) is 28.0 Å². The lowest BCUT2D eigenvalue weighted by atomic mass is 10.0. The van der Waals surface area contributed by atoms with Gasteiger partial charge >= 0.3 is 6.03 Å². The Morgan fingerprint density at radius 1 is 0.861 bits per heavy atom. The summed E-state index contributed by atoms with van der Waals surface area (Å²) >= 11 is 24.9. The van der Waals surface area contributed by atoms with Crippen molar-refractivity contribution in [1.82, 2.24) is 5.32 Å². The largest absolute Gasteiger partial charge is 0.486 e. The molecule has 1 fully saturated rings. The Kier molecular flexibility index (Phi) is 7.62. The van der Waals surface area contributed by atoms with Crippen LogP contribution in [0, 0.1) is 13.8 Å². The van der Waals surface area contributed by atoms with E-state index in [1.807, 2.05) is 13.8 Å². The normalized spacial score (nSPS) is 14.9. The Balaban J connectivity index is 1.61. The van der Waals surface area contributed by atoms with Gasteiger partial charge in [0, 0.05) is 15.6 Å². The molecule has 0 saturated carbocycles. The van der Waals surface area contributed by atoms with Gasteiger partial charge in [-0.05, 0) is 73.0 Å². The van der Waals surface area contributed by atoms with Crippen LogP contribution in [0.1, 0.15) is 22.3 Å². The molecule has 3 aromatic rings. The zero-order chi connectivity index (χ0) is 26.1. The predicted octanol–water partition coefficient (Wildman–Crippen LogP) is 7.16. The number of imide groups is 2. The number of hydrogen-bond donors (Lipinski definition) is 1. The van der Waals surface area contributed by atoms with Gasteiger partial charge in [0.1, 0.15) is 12.2 Å². The lowest BCUT2D eigenvalue weighted by molar-refractivity contribution is -0.122. The van der Waals surface area contributed by atoms with E-state index in [4.69, 9.17) is 51.1 Å². The maximum atomic E-state index is 13.2. The van der Waals surface area contributed by atoms with Crippen molar-refractivity contribution < 1.29 is 19.1 Å². The van der Waals surface area contributed by atoms with Gasteiger partial charge in [0.2, 0.25) is 0 Å². The molecular weight excluding hydrogens is 546 g/mol. The van der Waals surface area contributed by atoms with Crippen LogP contribution in [0.2, 0.25) is 20.1 Å². The van der Waals surface area contributed by atoms with Crippen LogP contribution in [0.4, 0.5) is 10.5 Å². The quantitative estimate of drug-likeness (QED) is 0.264. The van der Waals surface area contributed by atoms with Gasteiger partial charge in [0.05, 0.1) is 15.7 Å². The summed E-state index contributed by atoms with van der Waals surface area (Å²) < 4.78 is 5.76. The zero-order valence-electron chi connectivity index (χ0n) is 19.0. The fourth-order valence-corrected chi connectivity index (χ4v) is 4.59. The van der Waals surface area contributed by atoms with E-state index in [2.05, 4.69) is 5.32 Å². The maximum Gasteiger partial charge on any atom is 0.335 e. The number of hydrogen-bond acceptors (Lipinski definition) is 4. The van der Waals surface area contributed by atoms with Crippen molar-refractivity contribution in [3.63, 3.8) is 0 Å². The van der Waals surface area contributed by atoms with Crippen LogP contribution in [0.15, 0.2) is 54.1 Å². The van der Waals surface area contributed by atoms with E-state index in [0.717, 1.165) is 16.0 Å². The van der Waals surface area contributed by atoms with Crippen LogP contribution in [0.3, 0.4) is 0 Å². The van der Waals surface area contributed by atoms with Gasteiger partial charge in [-0.1, -0.05) is 58.5 Å². The fraction of sp³-hybridized carbons (Fsp3) is 0.115. The molecule has 4 rings (SSSR count). The minimum atomic E-state index is -0.828. The topological polar surface area (TPSA) is 75.7 Å². The summed E-state index contributed by atoms with van der Waals surface area (Å²) in [6, 6.07) is 12.3. The maximum absolute atomic E-state index is 13.2. The van der Waals surface area contributed by atoms with Crippen molar-refractivity contribution >= 4 is 76.0 Å². The first-order valence-electron chi connectivity index (χ1n) is 10.6. The molecule has 3 aromatic carbocycles. The second kappa shape index (κ2) is 10.5. The zero-order valence-corrected chi connectivity index (χ0v) is 22.0. The van der Waals surface area contributed by atoms with E-state index in [0.29, 0.717) is 26.9 Å². The number of benzene rings is 3. The highest BCUT2D eigenvalue weighted by Gasteiger charge is 2.37. The molecule has 1 aliphatic rings. The molecule has 0 radical (unpaired) electrons. The number of carbonyl (C=O) groups excluding carboxylic acids is 3. The van der Waals surface area contributed by atoms with Crippen LogP contribution in [-0.4, -0.2) is 17.8 Å². The van der Waals surface area contributed by atoms with E-state index >= 15 is 0 Å². The van der Waals surface area contributed by atoms with E-state index in [1.165, 1.54) is 18.2 Å². The summed E-state index contributed by atoms with van der Waals surface area (Å²) in [7, 11) is 0. The molecule has 1 aliphatic heterocycles. The van der Waals surface area contributed by atoms with Gasteiger partial charge in [-0.3, -0.25) is 14.9 Å². The van der Waals surface area contributed by atoms with Crippen molar-refractivity contribution in [2.45, 2.75) is 20.5 Å². The summed E-state index contributed by atoms with van der Waals surface area (Å²) in [5.74, 6) is -1.38. The van der Waals surface area contributed by atoms with Crippen LogP contribution in [0.25, 0.3) is 6.08 Å². The Hall–Kier alpha value is -3.03. The molecule has 1 saturated heterocycles. The van der Waals surface area contributed by atoms with Crippen molar-refractivity contribution in [1.29, 1.82) is 0 Å². The standard InChI is InChI=1S/C26H18Cl4N2O4/c1-13-3-6-18(7-14(13)2)32-25(34)19(24(33)31-26(32)35)8-15-9-21(29)23(22(30)10-15)36-12-16-4-5-17(27)11-20(16)28/h3-11H,12H2,1-2H3,(H,31,33,35)/b19-8+. The van der Waals surface area contributed by atoms with E-state index in [9.17, 15) is 14.4 Å². The number of carbonyl (C=O) groups is 3. The van der Waals surface area contributed by atoms with Gasteiger partial charge in [0.15, 0.2) is 5.75 Å². The highest BCUT2D eigenvalue weighted by Crippen LogP contribution is 2.36. The second-order valence-corrected chi connectivity index (χ2v) is 9.72. The summed E-state index contributed by atoms with van der Waals surface area (Å²) in [6.07, 6.45) is 1.32. The first kappa shape index (κ1) is 26.0. The molecule has 184 valence electrons. The van der Waals surface area contributed by atoms with Gasteiger partial charge in [-0.15, -0.1) is 0 Å². The second-order valence-electron chi connectivity index (χ2n) is 8.06. The molecule has 1 heterocycles. The molecule has 0 unspecified atom stereocenters. The molecule has 0 aliphatic carbocycles. The van der Waals surface area contributed by atoms with Gasteiger partial charge < -0.3 is 4.74 Å². The van der Waals surface area contributed by atoms with Crippen LogP contribution < -0.4 is 15.0 Å². The Bertz CT molecular complexity index is 1430. The minimum absolute atomic E-state index is 0.0871. The van der Waals surface area contributed by atoms with Gasteiger partial charge in [0.25, 0.3) is 11.8 Å². The predicted molar refractivity (Wildman–Crippen MR) is 142 cm³/mol. The van der Waals surface area contributed by atoms with E-state index in [1.54, 1.807) is 36.4 Å². The smallest absolute Gasteiger partial charge is 0.335 e. The van der Waals surface area contributed by atoms with Crippen molar-refractivity contribution in [2.75, 3.05) is 4.90 Å². The molecule has 0 atom stereocenters. The highest BCUT2D eigenvalue weighted by molar-refractivity contribution is 6.40. The number of urea groups is 1. The molecule has 0 bridgehead atoms. The average Bonchev–Trinajstić information content (AvgIpc) is 2.79. The fourth-order valence-electron chi connectivity index (χ4n) is 3.51. The molecule has 1 N–H and O–H groups in total. The third-order valence-corrected chi connectivity index (χ3v) is 6.72. The van der Waals surface area contributed by atoms with Crippen LogP contribution >= 0.6 is 46.4 Å². The number of aryl methyl sites for hydroxylation is 2. The van der Waals surface area contributed by atoms with E-state index < -0.39 is 17.8 Å².